The van der Waals surface area contributed by atoms with Gasteiger partial charge in [-0.2, -0.15) is 0 Å². The van der Waals surface area contributed by atoms with E-state index < -0.39 is 12.6 Å². The van der Waals surface area contributed by atoms with Crippen LogP contribution < -0.4 is 14.8 Å². The fourth-order valence-corrected chi connectivity index (χ4v) is 5.66. The number of carboxylic acids is 1. The van der Waals surface area contributed by atoms with E-state index in [1.54, 1.807) is 18.2 Å². The van der Waals surface area contributed by atoms with Crippen molar-refractivity contribution >= 4 is 11.9 Å². The largest absolute Gasteiger partial charge is 0.490 e. The lowest BCUT2D eigenvalue weighted by Gasteiger charge is -2.32. The zero-order valence-corrected chi connectivity index (χ0v) is 15.6. The van der Waals surface area contributed by atoms with Gasteiger partial charge in [-0.1, -0.05) is 6.42 Å². The minimum Gasteiger partial charge on any atom is -0.490 e. The minimum absolute atomic E-state index is 0.0900. The van der Waals surface area contributed by atoms with Crippen molar-refractivity contribution in [3.05, 3.63) is 23.8 Å². The zero-order valence-electron chi connectivity index (χ0n) is 15.6. The average Bonchev–Trinajstić information content (AvgIpc) is 3.33. The maximum Gasteiger partial charge on any atom is 0.341 e. The molecule has 0 aliphatic heterocycles. The van der Waals surface area contributed by atoms with Gasteiger partial charge in [-0.15, -0.1) is 0 Å². The van der Waals surface area contributed by atoms with Crippen LogP contribution in [-0.2, 0) is 4.79 Å². The van der Waals surface area contributed by atoms with E-state index in [1.165, 1.54) is 25.7 Å². The highest BCUT2D eigenvalue weighted by molar-refractivity contribution is 5.95. The Hall–Kier alpha value is -2.24. The van der Waals surface area contributed by atoms with Crippen molar-refractivity contribution in [2.75, 3.05) is 13.2 Å². The number of rotatable bonds is 7. The Morgan fingerprint density at radius 1 is 1.11 bits per heavy atom. The molecule has 1 amide bonds. The van der Waals surface area contributed by atoms with E-state index >= 15 is 0 Å². The van der Waals surface area contributed by atoms with E-state index in [-0.39, 0.29) is 11.9 Å². The Balaban J connectivity index is 1.44. The number of hydrogen-bond acceptors (Lipinski definition) is 4. The number of benzene rings is 1. The van der Waals surface area contributed by atoms with Crippen LogP contribution in [0.25, 0.3) is 0 Å². The van der Waals surface area contributed by atoms with Crippen molar-refractivity contribution in [3.63, 3.8) is 0 Å². The van der Waals surface area contributed by atoms with Gasteiger partial charge in [-0.25, -0.2) is 4.79 Å². The number of aliphatic carboxylic acids is 1. The van der Waals surface area contributed by atoms with Gasteiger partial charge in [0.2, 0.25) is 0 Å². The van der Waals surface area contributed by atoms with Crippen molar-refractivity contribution in [3.8, 4) is 11.5 Å². The van der Waals surface area contributed by atoms with Crippen molar-refractivity contribution in [1.29, 1.82) is 0 Å². The second-order valence-electron chi connectivity index (χ2n) is 8.01. The standard InChI is InChI=1S/C21H27NO5/c1-2-26-19-10-12(6-7-18(19)27-11-20(23)24)21(25)22-17-9-13-8-16(17)15-5-3-4-14(13)15/h6-7,10,13-17H,2-5,8-9,11H2,1H3,(H,22,25)(H,23,24). The van der Waals surface area contributed by atoms with Crippen LogP contribution in [0.2, 0.25) is 0 Å². The summed E-state index contributed by atoms with van der Waals surface area (Å²) in [6.07, 6.45) is 6.42. The van der Waals surface area contributed by atoms with Gasteiger partial charge in [-0.3, -0.25) is 4.79 Å². The van der Waals surface area contributed by atoms with E-state index in [2.05, 4.69) is 5.32 Å². The Bertz CT molecular complexity index is 733. The SMILES string of the molecule is CCOc1cc(C(=O)NC2CC3CC2C2CCCC32)ccc1OCC(=O)O. The van der Waals surface area contributed by atoms with Crippen LogP contribution in [0, 0.1) is 23.7 Å². The zero-order chi connectivity index (χ0) is 19.0. The Morgan fingerprint density at radius 2 is 1.93 bits per heavy atom. The van der Waals surface area contributed by atoms with Gasteiger partial charge in [0.15, 0.2) is 18.1 Å². The highest BCUT2D eigenvalue weighted by Crippen LogP contribution is 2.58. The molecule has 146 valence electrons. The molecule has 2 bridgehead atoms. The molecule has 6 nitrogen and oxygen atoms in total. The molecule has 6 heteroatoms. The summed E-state index contributed by atoms with van der Waals surface area (Å²) in [4.78, 5) is 23.5. The maximum absolute atomic E-state index is 12.8. The summed E-state index contributed by atoms with van der Waals surface area (Å²) >= 11 is 0. The molecule has 4 rings (SSSR count). The van der Waals surface area contributed by atoms with Crippen LogP contribution in [0.4, 0.5) is 0 Å². The van der Waals surface area contributed by atoms with E-state index in [0.29, 0.717) is 29.6 Å². The van der Waals surface area contributed by atoms with Gasteiger partial charge < -0.3 is 19.9 Å². The number of fused-ring (bicyclic) bond motifs is 5. The maximum atomic E-state index is 12.8. The highest BCUT2D eigenvalue weighted by Gasteiger charge is 2.54. The van der Waals surface area contributed by atoms with Crippen LogP contribution in [0.5, 0.6) is 11.5 Å². The molecule has 27 heavy (non-hydrogen) atoms. The quantitative estimate of drug-likeness (QED) is 0.767. The van der Waals surface area contributed by atoms with Gasteiger partial charge in [0.1, 0.15) is 0 Å². The van der Waals surface area contributed by atoms with Crippen LogP contribution in [-0.4, -0.2) is 36.2 Å². The molecule has 0 heterocycles. The summed E-state index contributed by atoms with van der Waals surface area (Å²) < 4.78 is 10.8. The molecular weight excluding hydrogens is 346 g/mol. The fourth-order valence-electron chi connectivity index (χ4n) is 5.66. The van der Waals surface area contributed by atoms with Crippen molar-refractivity contribution < 1.29 is 24.2 Å². The second kappa shape index (κ2) is 7.41. The second-order valence-corrected chi connectivity index (χ2v) is 8.01. The molecule has 0 saturated heterocycles. The normalized spacial score (nSPS) is 30.8. The van der Waals surface area contributed by atoms with Gasteiger partial charge in [0.25, 0.3) is 5.91 Å². The Kier molecular flexibility index (Phi) is 4.98. The first kappa shape index (κ1) is 18.1. The molecular formula is C21H27NO5. The third-order valence-electron chi connectivity index (χ3n) is 6.60. The predicted octanol–water partition coefficient (Wildman–Crippen LogP) is 3.10. The Morgan fingerprint density at radius 3 is 2.70 bits per heavy atom. The van der Waals surface area contributed by atoms with Crippen molar-refractivity contribution in [1.82, 2.24) is 5.32 Å². The van der Waals surface area contributed by atoms with Crippen LogP contribution in [0.15, 0.2) is 18.2 Å². The molecule has 0 spiro atoms. The molecule has 5 atom stereocenters. The number of carbonyl (C=O) groups excluding carboxylic acids is 1. The summed E-state index contributed by atoms with van der Waals surface area (Å²) in [6.45, 7) is 1.80. The summed E-state index contributed by atoms with van der Waals surface area (Å²) in [5, 5.41) is 12.0. The molecule has 3 aliphatic rings. The smallest absolute Gasteiger partial charge is 0.341 e. The topological polar surface area (TPSA) is 84.9 Å². The lowest BCUT2D eigenvalue weighted by molar-refractivity contribution is -0.139. The molecule has 1 aromatic rings. The third kappa shape index (κ3) is 3.49. The number of nitrogens with one attached hydrogen (secondary N) is 1. The number of carboxylic acid groups (broad SMARTS) is 1. The summed E-state index contributed by atoms with van der Waals surface area (Å²) in [5.41, 5.74) is 0.520. The van der Waals surface area contributed by atoms with Gasteiger partial charge in [0.05, 0.1) is 6.61 Å². The summed E-state index contributed by atoms with van der Waals surface area (Å²) in [5.74, 6) is 2.72. The van der Waals surface area contributed by atoms with Crippen molar-refractivity contribution in [2.45, 2.75) is 45.1 Å². The molecule has 0 aromatic heterocycles. The van der Waals surface area contributed by atoms with Crippen molar-refractivity contribution in [2.24, 2.45) is 23.7 Å². The van der Waals surface area contributed by atoms with E-state index in [9.17, 15) is 9.59 Å². The average molecular weight is 373 g/mol. The van der Waals surface area contributed by atoms with Crippen LogP contribution in [0.1, 0.15) is 49.4 Å². The molecule has 2 N–H and O–H groups in total. The van der Waals surface area contributed by atoms with Crippen LogP contribution >= 0.6 is 0 Å². The summed E-state index contributed by atoms with van der Waals surface area (Å²) in [6, 6.07) is 5.19. The van der Waals surface area contributed by atoms with Gasteiger partial charge in [-0.05, 0) is 74.5 Å². The third-order valence-corrected chi connectivity index (χ3v) is 6.60. The molecule has 3 saturated carbocycles. The Labute approximate surface area is 159 Å². The molecule has 0 radical (unpaired) electrons. The highest BCUT2D eigenvalue weighted by atomic mass is 16.5. The fraction of sp³-hybridized carbons (Fsp3) is 0.619. The molecule has 1 aromatic carbocycles. The molecule has 3 fully saturated rings. The molecule has 3 aliphatic carbocycles. The van der Waals surface area contributed by atoms with E-state index in [4.69, 9.17) is 14.6 Å². The van der Waals surface area contributed by atoms with E-state index in [0.717, 1.165) is 24.2 Å². The van der Waals surface area contributed by atoms with Gasteiger partial charge in [0, 0.05) is 11.6 Å². The first-order valence-corrected chi connectivity index (χ1v) is 9.99. The first-order chi connectivity index (χ1) is 13.1. The number of ether oxygens (including phenoxy) is 2. The monoisotopic (exact) mass is 373 g/mol. The lowest BCUT2D eigenvalue weighted by atomic mass is 9.79. The molecule has 5 unspecified atom stereocenters. The minimum atomic E-state index is -1.05. The number of carbonyl (C=O) groups is 2. The number of amides is 1. The van der Waals surface area contributed by atoms with Gasteiger partial charge >= 0.3 is 5.97 Å². The first-order valence-electron chi connectivity index (χ1n) is 9.99. The lowest BCUT2D eigenvalue weighted by Crippen LogP contribution is -2.42. The van der Waals surface area contributed by atoms with E-state index in [1.807, 2.05) is 6.92 Å². The van der Waals surface area contributed by atoms with Crippen LogP contribution in [0.3, 0.4) is 0 Å². The summed E-state index contributed by atoms with van der Waals surface area (Å²) in [7, 11) is 0. The number of hydrogen-bond donors (Lipinski definition) is 2. The predicted molar refractivity (Wildman–Crippen MR) is 99.0 cm³/mol.